The third-order valence-electron chi connectivity index (χ3n) is 4.09. The molecule has 2 heterocycles. The van der Waals surface area contributed by atoms with Gasteiger partial charge in [-0.05, 0) is 64.6 Å². The van der Waals surface area contributed by atoms with Gasteiger partial charge >= 0.3 is 0 Å². The van der Waals surface area contributed by atoms with Gasteiger partial charge in [-0.15, -0.1) is 0 Å². The van der Waals surface area contributed by atoms with E-state index in [0.29, 0.717) is 5.41 Å². The molecule has 2 aliphatic heterocycles. The first-order valence-corrected chi connectivity index (χ1v) is 7.17. The average Bonchev–Trinajstić information content (AvgIpc) is 2.33. The second-order valence-corrected chi connectivity index (χ2v) is 5.42. The Kier molecular flexibility index (Phi) is 5.77. The molecule has 2 heteroatoms. The van der Waals surface area contributed by atoms with Crippen molar-refractivity contribution in [3.8, 4) is 0 Å². The van der Waals surface area contributed by atoms with E-state index in [2.05, 4.69) is 24.1 Å². The Hall–Kier alpha value is -0.0800. The molecule has 0 aliphatic carbocycles. The molecule has 16 heavy (non-hydrogen) atoms. The molecule has 0 aromatic carbocycles. The van der Waals surface area contributed by atoms with Crippen molar-refractivity contribution in [2.75, 3.05) is 26.2 Å². The van der Waals surface area contributed by atoms with Crippen LogP contribution in [0.4, 0.5) is 0 Å². The summed E-state index contributed by atoms with van der Waals surface area (Å²) in [4.78, 5) is 2.68. The highest BCUT2D eigenvalue weighted by Crippen LogP contribution is 2.38. The van der Waals surface area contributed by atoms with Gasteiger partial charge in [0.25, 0.3) is 0 Å². The van der Waals surface area contributed by atoms with E-state index in [1.54, 1.807) is 0 Å². The zero-order valence-electron chi connectivity index (χ0n) is 11.7. The quantitative estimate of drug-likeness (QED) is 0.739. The van der Waals surface area contributed by atoms with E-state index in [1.807, 2.05) is 13.8 Å². The minimum atomic E-state index is 0.674. The van der Waals surface area contributed by atoms with Gasteiger partial charge in [0.15, 0.2) is 0 Å². The Morgan fingerprint density at radius 2 is 1.69 bits per heavy atom. The molecule has 0 saturated carbocycles. The zero-order chi connectivity index (χ0) is 12.0. The minimum Gasteiger partial charge on any atom is -0.317 e. The van der Waals surface area contributed by atoms with Crippen molar-refractivity contribution in [2.24, 2.45) is 5.41 Å². The molecule has 0 amide bonds. The monoisotopic (exact) mass is 226 g/mol. The molecule has 2 aliphatic rings. The van der Waals surface area contributed by atoms with Crippen LogP contribution in [0.25, 0.3) is 0 Å². The zero-order valence-corrected chi connectivity index (χ0v) is 11.7. The maximum absolute atomic E-state index is 3.48. The van der Waals surface area contributed by atoms with Gasteiger partial charge in [0.2, 0.25) is 0 Å². The first-order chi connectivity index (χ1) is 7.72. The van der Waals surface area contributed by atoms with Gasteiger partial charge in [-0.1, -0.05) is 13.8 Å². The SMILES string of the molecule is CC.CC(C)N1CCCC2(CCNCC2)C1. The van der Waals surface area contributed by atoms with Gasteiger partial charge in [0, 0.05) is 12.6 Å². The van der Waals surface area contributed by atoms with E-state index < -0.39 is 0 Å². The molecule has 2 nitrogen and oxygen atoms in total. The van der Waals surface area contributed by atoms with Crippen molar-refractivity contribution >= 4 is 0 Å². The normalized spacial score (nSPS) is 25.3. The van der Waals surface area contributed by atoms with Crippen LogP contribution >= 0.6 is 0 Å². The molecule has 0 bridgehead atoms. The molecule has 2 rings (SSSR count). The second kappa shape index (κ2) is 6.61. The summed E-state index contributed by atoms with van der Waals surface area (Å²) in [6.07, 6.45) is 5.68. The van der Waals surface area contributed by atoms with E-state index in [1.165, 1.54) is 51.9 Å². The van der Waals surface area contributed by atoms with Gasteiger partial charge in [-0.3, -0.25) is 0 Å². The van der Waals surface area contributed by atoms with Crippen LogP contribution < -0.4 is 5.32 Å². The van der Waals surface area contributed by atoms with Crippen molar-refractivity contribution in [1.29, 1.82) is 0 Å². The molecular weight excluding hydrogens is 196 g/mol. The molecule has 0 unspecified atom stereocenters. The van der Waals surface area contributed by atoms with Gasteiger partial charge < -0.3 is 10.2 Å². The maximum Gasteiger partial charge on any atom is 0.00416 e. The number of hydrogen-bond donors (Lipinski definition) is 1. The van der Waals surface area contributed by atoms with Gasteiger partial charge in [-0.2, -0.15) is 0 Å². The lowest BCUT2D eigenvalue weighted by molar-refractivity contribution is 0.0419. The molecule has 0 aromatic heterocycles. The lowest BCUT2D eigenvalue weighted by atomic mass is 9.72. The summed E-state index contributed by atoms with van der Waals surface area (Å²) >= 11 is 0. The molecule has 0 atom stereocenters. The highest BCUT2D eigenvalue weighted by atomic mass is 15.2. The predicted molar refractivity (Wildman–Crippen MR) is 71.8 cm³/mol. The van der Waals surface area contributed by atoms with E-state index >= 15 is 0 Å². The highest BCUT2D eigenvalue weighted by molar-refractivity contribution is 4.91. The van der Waals surface area contributed by atoms with Crippen molar-refractivity contribution in [2.45, 2.75) is 59.4 Å². The van der Waals surface area contributed by atoms with Crippen LogP contribution in [-0.4, -0.2) is 37.1 Å². The van der Waals surface area contributed by atoms with Gasteiger partial charge in [0.05, 0.1) is 0 Å². The fourth-order valence-corrected chi connectivity index (χ4v) is 3.05. The van der Waals surface area contributed by atoms with E-state index in [9.17, 15) is 0 Å². The Balaban J connectivity index is 0.000000606. The number of nitrogens with one attached hydrogen (secondary N) is 1. The number of hydrogen-bond acceptors (Lipinski definition) is 2. The van der Waals surface area contributed by atoms with E-state index in [0.717, 1.165) is 6.04 Å². The molecule has 96 valence electrons. The highest BCUT2D eigenvalue weighted by Gasteiger charge is 2.36. The summed E-state index contributed by atoms with van der Waals surface area (Å²) in [5.41, 5.74) is 0.674. The van der Waals surface area contributed by atoms with Crippen LogP contribution in [0.3, 0.4) is 0 Å². The fraction of sp³-hybridized carbons (Fsp3) is 1.00. The Morgan fingerprint density at radius 3 is 2.25 bits per heavy atom. The second-order valence-electron chi connectivity index (χ2n) is 5.42. The number of likely N-dealkylation sites (tertiary alicyclic amines) is 1. The summed E-state index contributed by atoms with van der Waals surface area (Å²) in [6, 6.07) is 0.738. The van der Waals surface area contributed by atoms with Crippen LogP contribution in [0.5, 0.6) is 0 Å². The lowest BCUT2D eigenvalue weighted by Gasteiger charge is -2.46. The third kappa shape index (κ3) is 3.46. The maximum atomic E-state index is 3.48. The Bertz CT molecular complexity index is 178. The first-order valence-electron chi connectivity index (χ1n) is 7.17. The molecule has 1 N–H and O–H groups in total. The summed E-state index contributed by atoms with van der Waals surface area (Å²) in [5, 5.41) is 3.48. The van der Waals surface area contributed by atoms with Crippen molar-refractivity contribution in [1.82, 2.24) is 10.2 Å². The van der Waals surface area contributed by atoms with Gasteiger partial charge in [-0.25, -0.2) is 0 Å². The van der Waals surface area contributed by atoms with Gasteiger partial charge in [0.1, 0.15) is 0 Å². The summed E-state index contributed by atoms with van der Waals surface area (Å²) in [7, 11) is 0. The molecular formula is C14H30N2. The smallest absolute Gasteiger partial charge is 0.00416 e. The van der Waals surface area contributed by atoms with Crippen molar-refractivity contribution < 1.29 is 0 Å². The summed E-state index contributed by atoms with van der Waals surface area (Å²) in [6.45, 7) is 13.8. The van der Waals surface area contributed by atoms with Crippen LogP contribution in [0.15, 0.2) is 0 Å². The topological polar surface area (TPSA) is 15.3 Å². The predicted octanol–water partition coefficient (Wildman–Crippen LogP) is 2.89. The van der Waals surface area contributed by atoms with E-state index in [4.69, 9.17) is 0 Å². The number of nitrogens with zero attached hydrogens (tertiary/aromatic N) is 1. The Labute approximate surface area is 102 Å². The third-order valence-corrected chi connectivity index (χ3v) is 4.09. The fourth-order valence-electron chi connectivity index (χ4n) is 3.05. The largest absolute Gasteiger partial charge is 0.317 e. The van der Waals surface area contributed by atoms with Crippen LogP contribution in [0.2, 0.25) is 0 Å². The summed E-state index contributed by atoms with van der Waals surface area (Å²) < 4.78 is 0. The molecule has 2 saturated heterocycles. The standard InChI is InChI=1S/C12H24N2.C2H6/c1-11(2)14-9-3-4-12(10-14)5-7-13-8-6-12;1-2/h11,13H,3-10H2,1-2H3;1-2H3. The molecule has 0 radical (unpaired) electrons. The molecule has 2 fully saturated rings. The number of piperidine rings is 2. The van der Waals surface area contributed by atoms with Crippen LogP contribution in [0.1, 0.15) is 53.4 Å². The number of rotatable bonds is 1. The molecule has 0 aromatic rings. The minimum absolute atomic E-state index is 0.674. The van der Waals surface area contributed by atoms with Crippen molar-refractivity contribution in [3.63, 3.8) is 0 Å². The average molecular weight is 226 g/mol. The van der Waals surface area contributed by atoms with Crippen molar-refractivity contribution in [3.05, 3.63) is 0 Å². The Morgan fingerprint density at radius 1 is 1.06 bits per heavy atom. The summed E-state index contributed by atoms with van der Waals surface area (Å²) in [5.74, 6) is 0. The lowest BCUT2D eigenvalue weighted by Crippen LogP contribution is -2.50. The van der Waals surface area contributed by atoms with E-state index in [-0.39, 0.29) is 0 Å². The molecule has 1 spiro atoms. The van der Waals surface area contributed by atoms with Crippen LogP contribution in [0, 0.1) is 5.41 Å². The first kappa shape index (κ1) is 14.0. The van der Waals surface area contributed by atoms with Crippen LogP contribution in [-0.2, 0) is 0 Å².